The van der Waals surface area contributed by atoms with Gasteiger partial charge >= 0.3 is 0 Å². The number of benzene rings is 1. The van der Waals surface area contributed by atoms with E-state index in [4.69, 9.17) is 13.9 Å². The zero-order chi connectivity index (χ0) is 31.4. The van der Waals surface area contributed by atoms with Crippen LogP contribution in [0.3, 0.4) is 0 Å². The fourth-order valence-electron chi connectivity index (χ4n) is 6.79. The molecule has 4 heterocycles. The molecule has 2 aliphatic heterocycles. The molecular formula is C34H49N5O5. The molecule has 1 aromatic carbocycles. The number of ether oxygens (including phenoxy) is 2. The first kappa shape index (κ1) is 32.1. The van der Waals surface area contributed by atoms with E-state index in [2.05, 4.69) is 58.8 Å². The number of carbonyl (C=O) groups is 1. The van der Waals surface area contributed by atoms with Crippen LogP contribution in [0.25, 0.3) is 11.0 Å². The minimum absolute atomic E-state index is 0.0504. The number of furan rings is 1. The monoisotopic (exact) mass is 607 g/mol. The van der Waals surface area contributed by atoms with Gasteiger partial charge in [-0.25, -0.2) is 0 Å². The Morgan fingerprint density at radius 3 is 2.48 bits per heavy atom. The Morgan fingerprint density at radius 2 is 1.84 bits per heavy atom. The average molecular weight is 608 g/mol. The molecule has 1 amide bonds. The maximum Gasteiger partial charge on any atom is 0.256 e. The Balaban J connectivity index is 1.52. The van der Waals surface area contributed by atoms with Gasteiger partial charge in [-0.3, -0.25) is 19.4 Å². The highest BCUT2D eigenvalue weighted by Crippen LogP contribution is 2.37. The molecule has 2 fully saturated rings. The van der Waals surface area contributed by atoms with Crippen LogP contribution >= 0.6 is 0 Å². The van der Waals surface area contributed by atoms with Crippen LogP contribution in [-0.4, -0.2) is 85.8 Å². The van der Waals surface area contributed by atoms with E-state index < -0.39 is 0 Å². The summed E-state index contributed by atoms with van der Waals surface area (Å²) >= 11 is 0. The van der Waals surface area contributed by atoms with E-state index in [1.807, 2.05) is 6.07 Å². The van der Waals surface area contributed by atoms with Crippen LogP contribution in [0, 0.1) is 6.92 Å². The molecule has 2 aromatic heterocycles. The van der Waals surface area contributed by atoms with Crippen molar-refractivity contribution in [2.75, 3.05) is 57.9 Å². The van der Waals surface area contributed by atoms with Crippen LogP contribution in [0.1, 0.15) is 73.5 Å². The summed E-state index contributed by atoms with van der Waals surface area (Å²) in [6.45, 7) is 17.6. The zero-order valence-corrected chi connectivity index (χ0v) is 27.3. The standard InChI is InChI=1S/C34H49N5O5/c1-7-26-29(39(8-2)24-9-15-43-16-10-24)19-31-27(18-25(44-31)21-37-11-13-38(14-12-37)22(3)4)32(26)34(41)35-20-28-30(42-6)17-23(5)36-33(28)40/h17-19,22,24H,7-16,20-21H2,1-6H3,(H,35,41)(H,36,40). The number of nitrogens with zero attached hydrogens (tertiary/aromatic N) is 3. The number of aryl methyl sites for hydroxylation is 1. The molecule has 0 radical (unpaired) electrons. The molecule has 240 valence electrons. The molecule has 0 aliphatic carbocycles. The molecule has 0 bridgehead atoms. The number of methoxy groups -OCH3 is 1. The van der Waals surface area contributed by atoms with Crippen LogP contribution in [0.2, 0.25) is 0 Å². The van der Waals surface area contributed by atoms with Crippen molar-refractivity contribution < 1.29 is 18.7 Å². The molecule has 0 spiro atoms. The first-order valence-corrected chi connectivity index (χ1v) is 16.2. The highest BCUT2D eigenvalue weighted by Gasteiger charge is 2.28. The van der Waals surface area contributed by atoms with Crippen LogP contribution in [-0.2, 0) is 24.2 Å². The number of carbonyl (C=O) groups excluding carboxylic acids is 1. The Labute approximate surface area is 260 Å². The molecule has 44 heavy (non-hydrogen) atoms. The SMILES string of the molecule is CCc1c(N(CC)C2CCOCC2)cc2oc(CN3CCN(C(C)C)CC3)cc2c1C(=O)NCc1c(OC)cc(C)[nH]c1=O. The molecule has 0 atom stereocenters. The third-order valence-electron chi connectivity index (χ3n) is 9.21. The molecule has 2 saturated heterocycles. The van der Waals surface area contributed by atoms with Crippen LogP contribution in [0.4, 0.5) is 5.69 Å². The van der Waals surface area contributed by atoms with Gasteiger partial charge < -0.3 is 29.1 Å². The van der Waals surface area contributed by atoms with Crippen molar-refractivity contribution in [3.8, 4) is 5.75 Å². The number of rotatable bonds is 11. The van der Waals surface area contributed by atoms with E-state index in [0.717, 1.165) is 86.8 Å². The second kappa shape index (κ2) is 14.2. The summed E-state index contributed by atoms with van der Waals surface area (Å²) in [5.41, 5.74) is 4.19. The summed E-state index contributed by atoms with van der Waals surface area (Å²) in [6, 6.07) is 6.83. The fraction of sp³-hybridized carbons (Fsp3) is 0.588. The minimum atomic E-state index is -0.267. The molecule has 0 saturated carbocycles. The van der Waals surface area contributed by atoms with Crippen molar-refractivity contribution in [3.05, 3.63) is 56.7 Å². The maximum absolute atomic E-state index is 14.2. The molecule has 10 nitrogen and oxygen atoms in total. The highest BCUT2D eigenvalue weighted by atomic mass is 16.5. The predicted octanol–water partition coefficient (Wildman–Crippen LogP) is 4.46. The van der Waals surface area contributed by atoms with E-state index in [-0.39, 0.29) is 18.0 Å². The van der Waals surface area contributed by atoms with Crippen molar-refractivity contribution in [2.24, 2.45) is 0 Å². The van der Waals surface area contributed by atoms with Crippen LogP contribution in [0.5, 0.6) is 5.75 Å². The van der Waals surface area contributed by atoms with Gasteiger partial charge in [0, 0.05) is 80.9 Å². The molecule has 0 unspecified atom stereocenters. The summed E-state index contributed by atoms with van der Waals surface area (Å²) in [4.78, 5) is 37.1. The lowest BCUT2D eigenvalue weighted by Gasteiger charge is -2.37. The normalized spacial score (nSPS) is 17.0. The number of piperazine rings is 1. The number of fused-ring (bicyclic) bond motifs is 1. The van der Waals surface area contributed by atoms with E-state index in [9.17, 15) is 9.59 Å². The van der Waals surface area contributed by atoms with E-state index >= 15 is 0 Å². The van der Waals surface area contributed by atoms with Crippen molar-refractivity contribution >= 4 is 22.6 Å². The van der Waals surface area contributed by atoms with Gasteiger partial charge in [-0.1, -0.05) is 6.92 Å². The lowest BCUT2D eigenvalue weighted by Crippen LogP contribution is -2.48. The Bertz CT molecular complexity index is 1500. The number of nitrogens with one attached hydrogen (secondary N) is 2. The minimum Gasteiger partial charge on any atom is -0.496 e. The van der Waals surface area contributed by atoms with Crippen molar-refractivity contribution in [1.82, 2.24) is 20.1 Å². The number of aromatic amines is 1. The quantitative estimate of drug-likeness (QED) is 0.330. The Hall–Kier alpha value is -3.34. The predicted molar refractivity (Wildman–Crippen MR) is 174 cm³/mol. The fourth-order valence-corrected chi connectivity index (χ4v) is 6.79. The van der Waals surface area contributed by atoms with Crippen molar-refractivity contribution in [2.45, 2.75) is 79.1 Å². The molecule has 5 rings (SSSR count). The van der Waals surface area contributed by atoms with Gasteiger partial charge in [0.1, 0.15) is 17.1 Å². The number of pyridine rings is 1. The Morgan fingerprint density at radius 1 is 1.11 bits per heavy atom. The van der Waals surface area contributed by atoms with Gasteiger partial charge in [0.2, 0.25) is 0 Å². The number of H-pyrrole nitrogens is 1. The first-order valence-electron chi connectivity index (χ1n) is 16.2. The summed E-state index contributed by atoms with van der Waals surface area (Å²) in [5, 5.41) is 3.86. The van der Waals surface area contributed by atoms with E-state index in [0.29, 0.717) is 47.6 Å². The highest BCUT2D eigenvalue weighted by molar-refractivity contribution is 6.09. The number of hydrogen-bond donors (Lipinski definition) is 2. The second-order valence-electron chi connectivity index (χ2n) is 12.3. The molecule has 3 aromatic rings. The summed E-state index contributed by atoms with van der Waals surface area (Å²) in [5.74, 6) is 1.09. The van der Waals surface area contributed by atoms with Crippen LogP contribution in [0.15, 0.2) is 27.4 Å². The third kappa shape index (κ3) is 6.82. The second-order valence-corrected chi connectivity index (χ2v) is 12.3. The molecular weight excluding hydrogens is 558 g/mol. The van der Waals surface area contributed by atoms with E-state index in [1.165, 1.54) is 7.11 Å². The molecule has 10 heteroatoms. The molecule has 2 aliphatic rings. The van der Waals surface area contributed by atoms with Crippen LogP contribution < -0.4 is 20.5 Å². The summed E-state index contributed by atoms with van der Waals surface area (Å²) in [7, 11) is 1.53. The van der Waals surface area contributed by atoms with Crippen molar-refractivity contribution in [3.63, 3.8) is 0 Å². The summed E-state index contributed by atoms with van der Waals surface area (Å²) < 4.78 is 17.7. The number of anilines is 1. The smallest absolute Gasteiger partial charge is 0.256 e. The molecule has 2 N–H and O–H groups in total. The Kier molecular flexibility index (Phi) is 10.3. The lowest BCUT2D eigenvalue weighted by molar-refractivity contribution is 0.0845. The topological polar surface area (TPSA) is 103 Å². The first-order chi connectivity index (χ1) is 21.2. The average Bonchev–Trinajstić information content (AvgIpc) is 3.42. The van der Waals surface area contributed by atoms with Gasteiger partial charge in [0.15, 0.2) is 0 Å². The summed E-state index contributed by atoms with van der Waals surface area (Å²) in [6.07, 6.45) is 2.57. The van der Waals surface area contributed by atoms with Gasteiger partial charge in [-0.05, 0) is 64.7 Å². The van der Waals surface area contributed by atoms with Gasteiger partial charge in [-0.15, -0.1) is 0 Å². The van der Waals surface area contributed by atoms with Gasteiger partial charge in [0.05, 0.1) is 31.3 Å². The third-order valence-corrected chi connectivity index (χ3v) is 9.21. The van der Waals surface area contributed by atoms with Gasteiger partial charge in [-0.2, -0.15) is 0 Å². The van der Waals surface area contributed by atoms with E-state index in [1.54, 1.807) is 13.0 Å². The maximum atomic E-state index is 14.2. The number of aromatic nitrogens is 1. The number of amides is 1. The van der Waals surface area contributed by atoms with Crippen molar-refractivity contribution in [1.29, 1.82) is 0 Å². The number of hydrogen-bond acceptors (Lipinski definition) is 8. The lowest BCUT2D eigenvalue weighted by atomic mass is 9.95. The zero-order valence-electron chi connectivity index (χ0n) is 27.3. The largest absolute Gasteiger partial charge is 0.496 e. The van der Waals surface area contributed by atoms with Gasteiger partial charge in [0.25, 0.3) is 11.5 Å².